The summed E-state index contributed by atoms with van der Waals surface area (Å²) >= 11 is 0. The molecule has 0 atom stereocenters. The van der Waals surface area contributed by atoms with E-state index in [1.165, 1.54) is 19.3 Å². The summed E-state index contributed by atoms with van der Waals surface area (Å²) in [6, 6.07) is 0. The second kappa shape index (κ2) is 7.70. The number of amides is 1. The number of nitrogens with zero attached hydrogens (tertiary/aromatic N) is 2. The number of unbranched alkanes of at least 4 members (excludes halogenated alkanes) is 2. The number of piperazine rings is 1. The first-order valence-electron chi connectivity index (χ1n) is 7.06. The molecule has 0 aromatic heterocycles. The van der Waals surface area contributed by atoms with E-state index in [-0.39, 0.29) is 0 Å². The molecule has 0 aromatic rings. The van der Waals surface area contributed by atoms with Gasteiger partial charge in [-0.25, -0.2) is 0 Å². The van der Waals surface area contributed by atoms with Gasteiger partial charge in [0.2, 0.25) is 5.91 Å². The van der Waals surface area contributed by atoms with Gasteiger partial charge in [0.05, 0.1) is 0 Å². The zero-order valence-corrected chi connectivity index (χ0v) is 11.7. The van der Waals surface area contributed by atoms with Crippen molar-refractivity contribution in [3.8, 4) is 0 Å². The number of hydrogen-bond acceptors (Lipinski definition) is 2. The summed E-state index contributed by atoms with van der Waals surface area (Å²) in [5, 5.41) is 0. The van der Waals surface area contributed by atoms with E-state index in [0.29, 0.717) is 5.91 Å². The highest BCUT2D eigenvalue weighted by molar-refractivity contribution is 5.76. The van der Waals surface area contributed by atoms with Crippen LogP contribution in [0.1, 0.15) is 46.0 Å². The van der Waals surface area contributed by atoms with E-state index < -0.39 is 0 Å². The molecule has 1 amide bonds. The summed E-state index contributed by atoms with van der Waals surface area (Å²) in [6.45, 7) is 8.41. The molecule has 1 aliphatic heterocycles. The lowest BCUT2D eigenvalue weighted by molar-refractivity contribution is -0.132. The molecule has 1 heterocycles. The Bertz CT molecular complexity index is 220. The van der Waals surface area contributed by atoms with Crippen LogP contribution in [-0.4, -0.2) is 48.9 Å². The van der Waals surface area contributed by atoms with Crippen molar-refractivity contribution in [2.24, 2.45) is 5.92 Å². The minimum absolute atomic E-state index is 0.364. The van der Waals surface area contributed by atoms with Gasteiger partial charge in [-0.15, -0.1) is 0 Å². The van der Waals surface area contributed by atoms with Gasteiger partial charge < -0.3 is 9.80 Å². The van der Waals surface area contributed by atoms with Gasteiger partial charge >= 0.3 is 0 Å². The van der Waals surface area contributed by atoms with Crippen molar-refractivity contribution in [1.82, 2.24) is 9.80 Å². The average Bonchev–Trinajstić information content (AvgIpc) is 2.29. The maximum Gasteiger partial charge on any atom is 0.222 e. The minimum atomic E-state index is 0.364. The number of likely N-dealkylation sites (N-methyl/N-ethyl adjacent to an activating group) is 1. The smallest absolute Gasteiger partial charge is 0.222 e. The molecular weight excluding hydrogens is 212 g/mol. The van der Waals surface area contributed by atoms with Crippen LogP contribution in [0.3, 0.4) is 0 Å². The summed E-state index contributed by atoms with van der Waals surface area (Å²) in [4.78, 5) is 16.2. The van der Waals surface area contributed by atoms with E-state index in [4.69, 9.17) is 0 Å². The summed E-state index contributed by atoms with van der Waals surface area (Å²) in [7, 11) is 2.12. The Labute approximate surface area is 106 Å². The average molecular weight is 240 g/mol. The molecule has 3 heteroatoms. The fourth-order valence-electron chi connectivity index (χ4n) is 2.22. The van der Waals surface area contributed by atoms with Gasteiger partial charge in [-0.1, -0.05) is 33.1 Å². The van der Waals surface area contributed by atoms with Crippen LogP contribution >= 0.6 is 0 Å². The van der Waals surface area contributed by atoms with Crippen LogP contribution in [0.5, 0.6) is 0 Å². The monoisotopic (exact) mass is 240 g/mol. The quantitative estimate of drug-likeness (QED) is 0.665. The molecule has 1 saturated heterocycles. The molecule has 0 unspecified atom stereocenters. The predicted octanol–water partition coefficient (Wildman–Crippen LogP) is 2.37. The van der Waals surface area contributed by atoms with Gasteiger partial charge in [-0.05, 0) is 19.4 Å². The van der Waals surface area contributed by atoms with Crippen molar-refractivity contribution in [2.75, 3.05) is 33.2 Å². The van der Waals surface area contributed by atoms with E-state index in [2.05, 4.69) is 25.8 Å². The van der Waals surface area contributed by atoms with Crippen molar-refractivity contribution < 1.29 is 4.79 Å². The molecule has 0 radical (unpaired) electrons. The number of carbonyl (C=O) groups is 1. The molecule has 0 saturated carbocycles. The third-order valence-corrected chi connectivity index (χ3v) is 3.53. The first-order chi connectivity index (χ1) is 8.09. The van der Waals surface area contributed by atoms with Gasteiger partial charge in [-0.3, -0.25) is 4.79 Å². The third-order valence-electron chi connectivity index (χ3n) is 3.53. The molecule has 17 heavy (non-hydrogen) atoms. The number of carbonyl (C=O) groups excluding carboxylic acids is 1. The Morgan fingerprint density at radius 3 is 2.29 bits per heavy atom. The van der Waals surface area contributed by atoms with Crippen molar-refractivity contribution in [3.05, 3.63) is 0 Å². The van der Waals surface area contributed by atoms with Gasteiger partial charge in [0.25, 0.3) is 0 Å². The first kappa shape index (κ1) is 14.5. The van der Waals surface area contributed by atoms with Crippen LogP contribution in [0, 0.1) is 5.92 Å². The van der Waals surface area contributed by atoms with Crippen LogP contribution < -0.4 is 0 Å². The van der Waals surface area contributed by atoms with Crippen LogP contribution in [-0.2, 0) is 4.79 Å². The second-order valence-corrected chi connectivity index (χ2v) is 5.68. The molecule has 3 nitrogen and oxygen atoms in total. The maximum atomic E-state index is 11.9. The Kier molecular flexibility index (Phi) is 6.56. The fourth-order valence-corrected chi connectivity index (χ4v) is 2.22. The largest absolute Gasteiger partial charge is 0.340 e. The maximum absolute atomic E-state index is 11.9. The van der Waals surface area contributed by atoms with Crippen molar-refractivity contribution in [2.45, 2.75) is 46.0 Å². The predicted molar refractivity (Wildman–Crippen MR) is 72.0 cm³/mol. The molecular formula is C14H28N2O. The lowest BCUT2D eigenvalue weighted by atomic mass is 10.0. The Morgan fingerprint density at radius 2 is 1.71 bits per heavy atom. The zero-order valence-electron chi connectivity index (χ0n) is 11.7. The van der Waals surface area contributed by atoms with Crippen LogP contribution in [0.25, 0.3) is 0 Å². The molecule has 1 rings (SSSR count). The Balaban J connectivity index is 2.05. The zero-order chi connectivity index (χ0) is 12.7. The van der Waals surface area contributed by atoms with Gasteiger partial charge in [0.15, 0.2) is 0 Å². The van der Waals surface area contributed by atoms with Crippen LogP contribution in [0.15, 0.2) is 0 Å². The van der Waals surface area contributed by atoms with Crippen molar-refractivity contribution in [3.63, 3.8) is 0 Å². The summed E-state index contributed by atoms with van der Waals surface area (Å²) in [5.41, 5.74) is 0. The highest BCUT2D eigenvalue weighted by Crippen LogP contribution is 2.11. The second-order valence-electron chi connectivity index (χ2n) is 5.68. The molecule has 100 valence electrons. The summed E-state index contributed by atoms with van der Waals surface area (Å²) < 4.78 is 0. The van der Waals surface area contributed by atoms with Crippen molar-refractivity contribution in [1.29, 1.82) is 0 Å². The van der Waals surface area contributed by atoms with Gasteiger partial charge in [0.1, 0.15) is 0 Å². The summed E-state index contributed by atoms with van der Waals surface area (Å²) in [6.07, 6.45) is 5.59. The van der Waals surface area contributed by atoms with Crippen LogP contribution in [0.2, 0.25) is 0 Å². The molecule has 0 spiro atoms. The van der Waals surface area contributed by atoms with E-state index in [1.54, 1.807) is 0 Å². The number of rotatable bonds is 6. The SMILES string of the molecule is CC(C)CCCCCC(=O)N1CCN(C)CC1. The lowest BCUT2D eigenvalue weighted by Gasteiger charge is -2.32. The molecule has 0 bridgehead atoms. The third kappa shape index (κ3) is 6.06. The summed E-state index contributed by atoms with van der Waals surface area (Å²) in [5.74, 6) is 1.16. The topological polar surface area (TPSA) is 23.6 Å². The highest BCUT2D eigenvalue weighted by atomic mass is 16.2. The standard InChI is InChI=1S/C14H28N2O/c1-13(2)7-5-4-6-8-14(17)16-11-9-15(3)10-12-16/h13H,4-12H2,1-3H3. The van der Waals surface area contributed by atoms with Gasteiger partial charge in [0, 0.05) is 32.6 Å². The van der Waals surface area contributed by atoms with Crippen LogP contribution in [0.4, 0.5) is 0 Å². The molecule has 0 aliphatic carbocycles. The van der Waals surface area contributed by atoms with E-state index in [1.807, 2.05) is 4.90 Å². The van der Waals surface area contributed by atoms with E-state index in [0.717, 1.165) is 44.9 Å². The normalized spacial score (nSPS) is 17.8. The Hall–Kier alpha value is -0.570. The number of hydrogen-bond donors (Lipinski definition) is 0. The minimum Gasteiger partial charge on any atom is -0.340 e. The lowest BCUT2D eigenvalue weighted by Crippen LogP contribution is -2.47. The molecule has 0 aromatic carbocycles. The molecule has 0 N–H and O–H groups in total. The van der Waals surface area contributed by atoms with E-state index in [9.17, 15) is 4.79 Å². The highest BCUT2D eigenvalue weighted by Gasteiger charge is 2.18. The van der Waals surface area contributed by atoms with E-state index >= 15 is 0 Å². The van der Waals surface area contributed by atoms with Crippen molar-refractivity contribution >= 4 is 5.91 Å². The fraction of sp³-hybridized carbons (Fsp3) is 0.929. The Morgan fingerprint density at radius 1 is 1.06 bits per heavy atom. The first-order valence-corrected chi connectivity index (χ1v) is 7.06. The molecule has 1 aliphatic rings. The molecule has 1 fully saturated rings. The van der Waals surface area contributed by atoms with Gasteiger partial charge in [-0.2, -0.15) is 0 Å².